The first kappa shape index (κ1) is 9.12. The summed E-state index contributed by atoms with van der Waals surface area (Å²) in [6.07, 6.45) is 4.80. The molecule has 4 nitrogen and oxygen atoms in total. The van der Waals surface area contributed by atoms with Crippen LogP contribution in [0.2, 0.25) is 0 Å². The molecular weight excluding hydrogens is 182 g/mol. The second-order valence-electron chi connectivity index (χ2n) is 3.65. The minimum absolute atomic E-state index is 0.0669. The molecule has 0 saturated heterocycles. The molecule has 0 aromatic rings. The summed E-state index contributed by atoms with van der Waals surface area (Å²) in [6.45, 7) is 0. The summed E-state index contributed by atoms with van der Waals surface area (Å²) < 4.78 is 0. The van der Waals surface area contributed by atoms with Gasteiger partial charge in [0.15, 0.2) is 0 Å². The first-order valence-corrected chi connectivity index (χ1v) is 4.75. The van der Waals surface area contributed by atoms with Crippen molar-refractivity contribution in [3.63, 3.8) is 0 Å². The van der Waals surface area contributed by atoms with Gasteiger partial charge in [0.25, 0.3) is 11.8 Å². The first-order chi connectivity index (χ1) is 6.68. The molecule has 1 aliphatic carbocycles. The van der Waals surface area contributed by atoms with Gasteiger partial charge in [-0.05, 0) is 12.8 Å². The molecule has 0 N–H and O–H groups in total. The molecule has 0 radical (unpaired) electrons. The fourth-order valence-electron chi connectivity index (χ4n) is 1.95. The lowest BCUT2D eigenvalue weighted by Gasteiger charge is -2.28. The smallest absolute Gasteiger partial charge is 0.253 e. The molecule has 2 aliphatic rings. The van der Waals surface area contributed by atoms with Crippen molar-refractivity contribution in [3.05, 3.63) is 12.2 Å². The van der Waals surface area contributed by atoms with Gasteiger partial charge in [-0.15, -0.1) is 0 Å². The number of amides is 2. The third-order valence-electron chi connectivity index (χ3n) is 2.72. The highest BCUT2D eigenvalue weighted by Crippen LogP contribution is 2.22. The lowest BCUT2D eigenvalue weighted by Crippen LogP contribution is -2.42. The highest BCUT2D eigenvalue weighted by Gasteiger charge is 2.33. The Kier molecular flexibility index (Phi) is 2.19. The van der Waals surface area contributed by atoms with E-state index < -0.39 is 0 Å². The van der Waals surface area contributed by atoms with Gasteiger partial charge >= 0.3 is 0 Å². The van der Waals surface area contributed by atoms with Crippen LogP contribution in [-0.4, -0.2) is 28.5 Å². The van der Waals surface area contributed by atoms with E-state index in [1.54, 1.807) is 0 Å². The van der Waals surface area contributed by atoms with Crippen LogP contribution in [0.25, 0.3) is 0 Å². The van der Waals surface area contributed by atoms with E-state index in [0.29, 0.717) is 25.7 Å². The molecule has 0 aromatic carbocycles. The number of hydrogen-bond acceptors (Lipinski definition) is 3. The van der Waals surface area contributed by atoms with Gasteiger partial charge in [0.2, 0.25) is 0 Å². The Morgan fingerprint density at radius 3 is 2.00 bits per heavy atom. The predicted molar refractivity (Wildman–Crippen MR) is 48.3 cm³/mol. The van der Waals surface area contributed by atoms with Gasteiger partial charge in [0, 0.05) is 31.0 Å². The second-order valence-corrected chi connectivity index (χ2v) is 3.65. The monoisotopic (exact) mass is 193 g/mol. The Labute approximate surface area is 81.6 Å². The second kappa shape index (κ2) is 3.36. The fourth-order valence-corrected chi connectivity index (χ4v) is 1.95. The van der Waals surface area contributed by atoms with E-state index >= 15 is 0 Å². The maximum absolute atomic E-state index is 11.3. The maximum Gasteiger partial charge on any atom is 0.253 e. The van der Waals surface area contributed by atoms with E-state index in [9.17, 15) is 14.4 Å². The summed E-state index contributed by atoms with van der Waals surface area (Å²) >= 11 is 0. The molecule has 2 rings (SSSR count). The summed E-state index contributed by atoms with van der Waals surface area (Å²) in [4.78, 5) is 34.9. The Hall–Kier alpha value is -1.45. The zero-order valence-electron chi connectivity index (χ0n) is 7.73. The molecule has 2 amide bonds. The summed E-state index contributed by atoms with van der Waals surface area (Å²) in [5, 5.41) is 0. The van der Waals surface area contributed by atoms with E-state index in [4.69, 9.17) is 0 Å². The third-order valence-corrected chi connectivity index (χ3v) is 2.72. The maximum atomic E-state index is 11.3. The van der Waals surface area contributed by atoms with E-state index in [0.717, 1.165) is 0 Å². The number of ketones is 1. The zero-order chi connectivity index (χ0) is 10.1. The number of Topliss-reactive ketones (excluding diaryl/α,β-unsaturated/α-hetero) is 1. The van der Waals surface area contributed by atoms with Gasteiger partial charge in [-0.3, -0.25) is 19.3 Å². The normalized spacial score (nSPS) is 23.7. The molecule has 0 aromatic heterocycles. The molecule has 0 spiro atoms. The van der Waals surface area contributed by atoms with Crippen LogP contribution < -0.4 is 0 Å². The highest BCUT2D eigenvalue weighted by molar-refractivity contribution is 6.13. The van der Waals surface area contributed by atoms with Crippen molar-refractivity contribution in [2.24, 2.45) is 0 Å². The molecule has 74 valence electrons. The van der Waals surface area contributed by atoms with Crippen LogP contribution in [0, 0.1) is 0 Å². The van der Waals surface area contributed by atoms with Gasteiger partial charge < -0.3 is 0 Å². The third kappa shape index (κ3) is 1.47. The summed E-state index contributed by atoms with van der Waals surface area (Å²) in [7, 11) is 0. The van der Waals surface area contributed by atoms with Crippen LogP contribution in [0.4, 0.5) is 0 Å². The van der Waals surface area contributed by atoms with E-state index in [-0.39, 0.29) is 23.6 Å². The molecule has 1 aliphatic heterocycles. The molecule has 0 atom stereocenters. The number of imide groups is 1. The summed E-state index contributed by atoms with van der Waals surface area (Å²) in [5.41, 5.74) is 0. The highest BCUT2D eigenvalue weighted by atomic mass is 16.2. The topological polar surface area (TPSA) is 54.5 Å². The standard InChI is InChI=1S/C10H11NO3/c12-8-3-1-7(2-4-8)11-9(13)5-6-10(11)14/h5-7H,1-4H2. The van der Waals surface area contributed by atoms with Crippen LogP contribution in [0.1, 0.15) is 25.7 Å². The van der Waals surface area contributed by atoms with Crippen LogP contribution >= 0.6 is 0 Å². The lowest BCUT2D eigenvalue weighted by molar-refractivity contribution is -0.141. The lowest BCUT2D eigenvalue weighted by atomic mass is 9.93. The average Bonchev–Trinajstić information content (AvgIpc) is 2.49. The molecular formula is C10H11NO3. The predicted octanol–water partition coefficient (Wildman–Crippen LogP) is 0.423. The van der Waals surface area contributed by atoms with Crippen LogP contribution in [0.15, 0.2) is 12.2 Å². The van der Waals surface area contributed by atoms with Crippen molar-refractivity contribution in [2.45, 2.75) is 31.7 Å². The molecule has 0 bridgehead atoms. The number of nitrogens with zero attached hydrogens (tertiary/aromatic N) is 1. The minimum Gasteiger partial charge on any atom is -0.300 e. The molecule has 1 fully saturated rings. The van der Waals surface area contributed by atoms with Gasteiger partial charge in [-0.1, -0.05) is 0 Å². The molecule has 14 heavy (non-hydrogen) atoms. The minimum atomic E-state index is -0.241. The van der Waals surface area contributed by atoms with E-state index in [1.165, 1.54) is 17.1 Å². The largest absolute Gasteiger partial charge is 0.300 e. The summed E-state index contributed by atoms with van der Waals surface area (Å²) in [6, 6.07) is -0.0669. The number of hydrogen-bond donors (Lipinski definition) is 0. The van der Waals surface area contributed by atoms with Crippen LogP contribution in [0.3, 0.4) is 0 Å². The number of carbonyl (C=O) groups is 3. The molecule has 4 heteroatoms. The van der Waals surface area contributed by atoms with Gasteiger partial charge in [-0.2, -0.15) is 0 Å². The molecule has 1 saturated carbocycles. The number of rotatable bonds is 1. The quantitative estimate of drug-likeness (QED) is 0.567. The van der Waals surface area contributed by atoms with Crippen LogP contribution in [0.5, 0.6) is 0 Å². The van der Waals surface area contributed by atoms with Gasteiger partial charge in [0.1, 0.15) is 5.78 Å². The van der Waals surface area contributed by atoms with Crippen molar-refractivity contribution < 1.29 is 14.4 Å². The summed E-state index contributed by atoms with van der Waals surface area (Å²) in [5.74, 6) is -0.253. The Balaban J connectivity index is 2.05. The van der Waals surface area contributed by atoms with Crippen LogP contribution in [-0.2, 0) is 14.4 Å². The average molecular weight is 193 g/mol. The van der Waals surface area contributed by atoms with E-state index in [2.05, 4.69) is 0 Å². The number of carbonyl (C=O) groups excluding carboxylic acids is 3. The van der Waals surface area contributed by atoms with Crippen molar-refractivity contribution in [1.82, 2.24) is 4.90 Å². The van der Waals surface area contributed by atoms with Crippen molar-refractivity contribution in [3.8, 4) is 0 Å². The SMILES string of the molecule is O=C1CCC(N2C(=O)C=CC2=O)CC1. The van der Waals surface area contributed by atoms with E-state index in [1.807, 2.05) is 0 Å². The Morgan fingerprint density at radius 1 is 1.00 bits per heavy atom. The van der Waals surface area contributed by atoms with Gasteiger partial charge in [0.05, 0.1) is 0 Å². The Bertz CT molecular complexity index is 304. The molecule has 1 heterocycles. The Morgan fingerprint density at radius 2 is 1.50 bits per heavy atom. The zero-order valence-corrected chi connectivity index (χ0v) is 7.73. The van der Waals surface area contributed by atoms with Gasteiger partial charge in [-0.25, -0.2) is 0 Å². The molecule has 0 unspecified atom stereocenters. The van der Waals surface area contributed by atoms with Crippen molar-refractivity contribution in [1.29, 1.82) is 0 Å². The first-order valence-electron chi connectivity index (χ1n) is 4.75. The van der Waals surface area contributed by atoms with Crippen molar-refractivity contribution in [2.75, 3.05) is 0 Å². The van der Waals surface area contributed by atoms with Crippen molar-refractivity contribution >= 4 is 17.6 Å². The fraction of sp³-hybridized carbons (Fsp3) is 0.500.